The second-order valence-corrected chi connectivity index (χ2v) is 5.96. The zero-order chi connectivity index (χ0) is 16.5. The number of methoxy groups -OCH3 is 2. The van der Waals surface area contributed by atoms with Gasteiger partial charge in [0.1, 0.15) is 0 Å². The summed E-state index contributed by atoms with van der Waals surface area (Å²) in [7, 11) is 3.43. The second kappa shape index (κ2) is 9.65. The zero-order valence-corrected chi connectivity index (χ0v) is 14.3. The molecule has 1 aromatic rings. The smallest absolute Gasteiger partial charge is 0.253 e. The van der Waals surface area contributed by atoms with Crippen molar-refractivity contribution in [2.24, 2.45) is 0 Å². The number of likely N-dealkylation sites (tertiary alicyclic amines) is 1. The van der Waals surface area contributed by atoms with Crippen molar-refractivity contribution in [3.63, 3.8) is 0 Å². The molecule has 128 valence electrons. The van der Waals surface area contributed by atoms with Crippen LogP contribution >= 0.6 is 0 Å². The van der Waals surface area contributed by atoms with Crippen LogP contribution in [0.4, 0.5) is 0 Å². The summed E-state index contributed by atoms with van der Waals surface area (Å²) in [4.78, 5) is 16.6. The van der Waals surface area contributed by atoms with E-state index in [0.29, 0.717) is 13.2 Å². The highest BCUT2D eigenvalue weighted by Gasteiger charge is 2.19. The van der Waals surface area contributed by atoms with E-state index in [1.165, 1.54) is 5.56 Å². The van der Waals surface area contributed by atoms with Crippen molar-refractivity contribution < 1.29 is 14.3 Å². The number of hydrogen-bond donors (Lipinski definition) is 0. The molecule has 0 aromatic heterocycles. The molecular weight excluding hydrogens is 292 g/mol. The minimum atomic E-state index is 0.157. The van der Waals surface area contributed by atoms with E-state index in [4.69, 9.17) is 9.47 Å². The molecule has 1 amide bonds. The highest BCUT2D eigenvalue weighted by molar-refractivity contribution is 5.94. The molecule has 0 spiro atoms. The first kappa shape index (κ1) is 17.9. The van der Waals surface area contributed by atoms with Gasteiger partial charge in [0.25, 0.3) is 5.91 Å². The minimum absolute atomic E-state index is 0.157. The fourth-order valence-corrected chi connectivity index (χ4v) is 2.82. The van der Waals surface area contributed by atoms with Crippen LogP contribution in [0.25, 0.3) is 0 Å². The van der Waals surface area contributed by atoms with Crippen LogP contribution < -0.4 is 0 Å². The first-order chi connectivity index (χ1) is 11.2. The SMILES string of the molecule is COCCN(CCOC)Cc1ccc(C(=O)N2CCCC2)cc1. The van der Waals surface area contributed by atoms with Crippen molar-refractivity contribution in [3.8, 4) is 0 Å². The summed E-state index contributed by atoms with van der Waals surface area (Å²) in [5, 5.41) is 0. The summed E-state index contributed by atoms with van der Waals surface area (Å²) in [6.45, 7) is 5.77. The van der Waals surface area contributed by atoms with Crippen LogP contribution in [0.15, 0.2) is 24.3 Å². The molecule has 1 heterocycles. The number of rotatable bonds is 9. The molecule has 0 atom stereocenters. The van der Waals surface area contributed by atoms with Gasteiger partial charge in [0.05, 0.1) is 13.2 Å². The van der Waals surface area contributed by atoms with Crippen molar-refractivity contribution in [1.29, 1.82) is 0 Å². The maximum absolute atomic E-state index is 12.3. The molecule has 1 aliphatic heterocycles. The number of nitrogens with zero attached hydrogens (tertiary/aromatic N) is 2. The van der Waals surface area contributed by atoms with E-state index in [9.17, 15) is 4.79 Å². The van der Waals surface area contributed by atoms with Crippen molar-refractivity contribution >= 4 is 5.91 Å². The molecule has 0 radical (unpaired) electrons. The van der Waals surface area contributed by atoms with Gasteiger partial charge in [-0.1, -0.05) is 12.1 Å². The van der Waals surface area contributed by atoms with E-state index in [2.05, 4.69) is 17.0 Å². The van der Waals surface area contributed by atoms with E-state index in [-0.39, 0.29) is 5.91 Å². The molecule has 2 rings (SSSR count). The lowest BCUT2D eigenvalue weighted by atomic mass is 10.1. The fourth-order valence-electron chi connectivity index (χ4n) is 2.82. The molecule has 1 saturated heterocycles. The Balaban J connectivity index is 1.92. The first-order valence-corrected chi connectivity index (χ1v) is 8.33. The lowest BCUT2D eigenvalue weighted by molar-refractivity contribution is 0.0793. The third-order valence-corrected chi connectivity index (χ3v) is 4.22. The second-order valence-electron chi connectivity index (χ2n) is 5.96. The van der Waals surface area contributed by atoms with Crippen LogP contribution in [0.3, 0.4) is 0 Å². The van der Waals surface area contributed by atoms with Crippen LogP contribution in [-0.2, 0) is 16.0 Å². The topological polar surface area (TPSA) is 42.0 Å². The van der Waals surface area contributed by atoms with E-state index in [0.717, 1.165) is 51.1 Å². The van der Waals surface area contributed by atoms with E-state index >= 15 is 0 Å². The van der Waals surface area contributed by atoms with Crippen LogP contribution in [0, 0.1) is 0 Å². The molecule has 0 N–H and O–H groups in total. The van der Waals surface area contributed by atoms with Crippen LogP contribution in [0.2, 0.25) is 0 Å². The number of carbonyl (C=O) groups excluding carboxylic acids is 1. The third-order valence-electron chi connectivity index (χ3n) is 4.22. The molecule has 23 heavy (non-hydrogen) atoms. The lowest BCUT2D eigenvalue weighted by Crippen LogP contribution is -2.30. The van der Waals surface area contributed by atoms with Crippen LogP contribution in [0.5, 0.6) is 0 Å². The Hall–Kier alpha value is -1.43. The molecule has 0 saturated carbocycles. The summed E-state index contributed by atoms with van der Waals surface area (Å²) >= 11 is 0. The molecule has 5 heteroatoms. The summed E-state index contributed by atoms with van der Waals surface area (Å²) in [5.74, 6) is 0.157. The van der Waals surface area contributed by atoms with Gasteiger partial charge in [-0.25, -0.2) is 0 Å². The Kier molecular flexibility index (Phi) is 7.52. The summed E-state index contributed by atoms with van der Waals surface area (Å²) in [5.41, 5.74) is 1.99. The van der Waals surface area contributed by atoms with E-state index < -0.39 is 0 Å². The minimum Gasteiger partial charge on any atom is -0.383 e. The lowest BCUT2D eigenvalue weighted by Gasteiger charge is -2.22. The number of hydrogen-bond acceptors (Lipinski definition) is 4. The van der Waals surface area contributed by atoms with Gasteiger partial charge in [-0.3, -0.25) is 9.69 Å². The van der Waals surface area contributed by atoms with Gasteiger partial charge in [0.15, 0.2) is 0 Å². The van der Waals surface area contributed by atoms with E-state index in [1.807, 2.05) is 17.0 Å². The highest BCUT2D eigenvalue weighted by atomic mass is 16.5. The molecule has 0 aliphatic carbocycles. The monoisotopic (exact) mass is 320 g/mol. The molecule has 0 bridgehead atoms. The number of ether oxygens (including phenoxy) is 2. The Morgan fingerprint density at radius 1 is 1.04 bits per heavy atom. The van der Waals surface area contributed by atoms with Gasteiger partial charge in [0.2, 0.25) is 0 Å². The van der Waals surface area contributed by atoms with Crippen molar-refractivity contribution in [3.05, 3.63) is 35.4 Å². The third kappa shape index (κ3) is 5.61. The predicted molar refractivity (Wildman–Crippen MR) is 90.6 cm³/mol. The van der Waals surface area contributed by atoms with Gasteiger partial charge in [-0.15, -0.1) is 0 Å². The van der Waals surface area contributed by atoms with Gasteiger partial charge in [-0.05, 0) is 30.5 Å². The van der Waals surface area contributed by atoms with E-state index in [1.54, 1.807) is 14.2 Å². The molecule has 1 fully saturated rings. The number of carbonyl (C=O) groups is 1. The average Bonchev–Trinajstić information content (AvgIpc) is 3.12. The molecule has 0 unspecified atom stereocenters. The average molecular weight is 320 g/mol. The summed E-state index contributed by atoms with van der Waals surface area (Å²) in [6.07, 6.45) is 2.25. The predicted octanol–water partition coefficient (Wildman–Crippen LogP) is 2.02. The summed E-state index contributed by atoms with van der Waals surface area (Å²) in [6, 6.07) is 7.99. The maximum Gasteiger partial charge on any atom is 0.253 e. The molecule has 5 nitrogen and oxygen atoms in total. The highest BCUT2D eigenvalue weighted by Crippen LogP contribution is 2.14. The van der Waals surface area contributed by atoms with Gasteiger partial charge in [-0.2, -0.15) is 0 Å². The van der Waals surface area contributed by atoms with Crippen molar-refractivity contribution in [2.75, 3.05) is 53.6 Å². The number of benzene rings is 1. The van der Waals surface area contributed by atoms with Crippen molar-refractivity contribution in [2.45, 2.75) is 19.4 Å². The largest absolute Gasteiger partial charge is 0.383 e. The molecule has 1 aromatic carbocycles. The quantitative estimate of drug-likeness (QED) is 0.698. The molecule has 1 aliphatic rings. The Morgan fingerprint density at radius 3 is 2.13 bits per heavy atom. The summed E-state index contributed by atoms with van der Waals surface area (Å²) < 4.78 is 10.3. The normalized spacial score (nSPS) is 14.7. The van der Waals surface area contributed by atoms with Crippen LogP contribution in [-0.4, -0.2) is 69.3 Å². The Morgan fingerprint density at radius 2 is 1.61 bits per heavy atom. The molecular formula is C18H28N2O3. The van der Waals surface area contributed by atoms with Gasteiger partial charge < -0.3 is 14.4 Å². The first-order valence-electron chi connectivity index (χ1n) is 8.33. The fraction of sp³-hybridized carbons (Fsp3) is 0.611. The van der Waals surface area contributed by atoms with Gasteiger partial charge >= 0.3 is 0 Å². The standard InChI is InChI=1S/C18H28N2O3/c1-22-13-11-19(12-14-23-2)15-16-5-7-17(8-6-16)18(21)20-9-3-4-10-20/h5-8H,3-4,9-15H2,1-2H3. The van der Waals surface area contributed by atoms with Crippen LogP contribution in [0.1, 0.15) is 28.8 Å². The maximum atomic E-state index is 12.3. The Bertz CT molecular complexity index is 462. The zero-order valence-electron chi connectivity index (χ0n) is 14.3. The van der Waals surface area contributed by atoms with Gasteiger partial charge in [0, 0.05) is 52.5 Å². The number of amides is 1. The van der Waals surface area contributed by atoms with Crippen molar-refractivity contribution in [1.82, 2.24) is 9.80 Å². The Labute approximate surface area is 139 Å².